The van der Waals surface area contributed by atoms with Gasteiger partial charge in [-0.1, -0.05) is 0 Å². The van der Waals surface area contributed by atoms with Crippen LogP contribution in [0.2, 0.25) is 0 Å². The highest BCUT2D eigenvalue weighted by Gasteiger charge is 2.19. The number of rotatable bonds is 3. The zero-order valence-corrected chi connectivity index (χ0v) is 11.0. The molecule has 0 saturated carbocycles. The van der Waals surface area contributed by atoms with Crippen LogP contribution in [0.3, 0.4) is 0 Å². The molecule has 0 fully saturated rings. The Morgan fingerprint density at radius 2 is 2.22 bits per heavy atom. The van der Waals surface area contributed by atoms with Crippen molar-refractivity contribution in [3.63, 3.8) is 0 Å². The van der Waals surface area contributed by atoms with Crippen molar-refractivity contribution >= 4 is 21.6 Å². The van der Waals surface area contributed by atoms with Crippen molar-refractivity contribution in [1.82, 2.24) is 9.55 Å². The molecule has 0 bridgehead atoms. The standard InChI is InChI=1S/C13H16N2O2S/c16-7-3-6-15-8-14-12-11(13(15)17)9-4-1-2-5-10(9)18-12/h8,16H,1-7H2. The second-order valence-electron chi connectivity index (χ2n) is 4.71. The van der Waals surface area contributed by atoms with Crippen LogP contribution in [0.25, 0.3) is 10.2 Å². The normalized spacial score (nSPS) is 14.9. The average Bonchev–Trinajstić information content (AvgIpc) is 2.77. The van der Waals surface area contributed by atoms with Gasteiger partial charge in [0.25, 0.3) is 5.56 Å². The molecule has 96 valence electrons. The highest BCUT2D eigenvalue weighted by molar-refractivity contribution is 7.18. The van der Waals surface area contributed by atoms with E-state index in [1.165, 1.54) is 23.3 Å². The maximum absolute atomic E-state index is 12.4. The van der Waals surface area contributed by atoms with Gasteiger partial charge < -0.3 is 5.11 Å². The molecule has 3 rings (SSSR count). The number of hydrogen-bond donors (Lipinski definition) is 1. The lowest BCUT2D eigenvalue weighted by Gasteiger charge is -2.10. The maximum Gasteiger partial charge on any atom is 0.262 e. The van der Waals surface area contributed by atoms with Crippen LogP contribution in [0.15, 0.2) is 11.1 Å². The molecule has 0 amide bonds. The van der Waals surface area contributed by atoms with Crippen molar-refractivity contribution < 1.29 is 5.11 Å². The van der Waals surface area contributed by atoms with Gasteiger partial charge in [0.2, 0.25) is 0 Å². The highest BCUT2D eigenvalue weighted by Crippen LogP contribution is 2.33. The van der Waals surface area contributed by atoms with Gasteiger partial charge in [-0.05, 0) is 37.7 Å². The topological polar surface area (TPSA) is 55.1 Å². The summed E-state index contributed by atoms with van der Waals surface area (Å²) in [7, 11) is 0. The molecular formula is C13H16N2O2S. The first-order chi connectivity index (χ1) is 8.81. The minimum atomic E-state index is 0.0628. The maximum atomic E-state index is 12.4. The first kappa shape index (κ1) is 11.9. The molecule has 0 unspecified atom stereocenters. The Morgan fingerprint density at radius 3 is 3.06 bits per heavy atom. The van der Waals surface area contributed by atoms with Crippen LogP contribution in [0.1, 0.15) is 29.7 Å². The Kier molecular flexibility index (Phi) is 3.18. The molecule has 1 aliphatic carbocycles. The SMILES string of the molecule is O=c1c2c3c(sc2ncn1CCCO)CCCC3. The number of aliphatic hydroxyl groups is 1. The quantitative estimate of drug-likeness (QED) is 0.918. The Hall–Kier alpha value is -1.20. The van der Waals surface area contributed by atoms with Crippen molar-refractivity contribution in [2.45, 2.75) is 38.6 Å². The average molecular weight is 264 g/mol. The van der Waals surface area contributed by atoms with Crippen LogP contribution in [0, 0.1) is 0 Å². The third kappa shape index (κ3) is 1.87. The Bertz CT molecular complexity index is 630. The van der Waals surface area contributed by atoms with Crippen LogP contribution in [0.5, 0.6) is 0 Å². The molecule has 0 radical (unpaired) electrons. The number of aromatic nitrogens is 2. The molecular weight excluding hydrogens is 248 g/mol. The fourth-order valence-corrected chi connectivity index (χ4v) is 3.80. The third-order valence-electron chi connectivity index (χ3n) is 3.50. The fraction of sp³-hybridized carbons (Fsp3) is 0.538. The van der Waals surface area contributed by atoms with Crippen LogP contribution < -0.4 is 5.56 Å². The van der Waals surface area contributed by atoms with E-state index in [4.69, 9.17) is 5.11 Å². The summed E-state index contributed by atoms with van der Waals surface area (Å²) >= 11 is 1.67. The number of thiophene rings is 1. The summed E-state index contributed by atoms with van der Waals surface area (Å²) < 4.78 is 1.63. The van der Waals surface area contributed by atoms with Gasteiger partial charge in [-0.25, -0.2) is 4.98 Å². The summed E-state index contributed by atoms with van der Waals surface area (Å²) in [5.41, 5.74) is 1.30. The number of aliphatic hydroxyl groups excluding tert-OH is 1. The van der Waals surface area contributed by atoms with Gasteiger partial charge in [0, 0.05) is 18.0 Å². The van der Waals surface area contributed by atoms with E-state index in [0.29, 0.717) is 13.0 Å². The lowest BCUT2D eigenvalue weighted by Crippen LogP contribution is -2.21. The fourth-order valence-electron chi connectivity index (χ4n) is 2.58. The van der Waals surface area contributed by atoms with Crippen molar-refractivity contribution in [2.75, 3.05) is 6.61 Å². The zero-order chi connectivity index (χ0) is 12.5. The number of fused-ring (bicyclic) bond motifs is 3. The third-order valence-corrected chi connectivity index (χ3v) is 4.70. The van der Waals surface area contributed by atoms with Gasteiger partial charge in [0.05, 0.1) is 11.7 Å². The second-order valence-corrected chi connectivity index (χ2v) is 5.79. The molecule has 2 aromatic rings. The van der Waals surface area contributed by atoms with E-state index < -0.39 is 0 Å². The summed E-state index contributed by atoms with van der Waals surface area (Å²) in [6.07, 6.45) is 6.70. The van der Waals surface area contributed by atoms with Crippen LogP contribution in [0.4, 0.5) is 0 Å². The molecule has 2 heterocycles. The lowest BCUT2D eigenvalue weighted by atomic mass is 9.97. The van der Waals surface area contributed by atoms with E-state index in [-0.39, 0.29) is 12.2 Å². The predicted octanol–water partition coefficient (Wildman–Crippen LogP) is 1.72. The van der Waals surface area contributed by atoms with E-state index in [1.807, 2.05) is 0 Å². The van der Waals surface area contributed by atoms with Gasteiger partial charge in [-0.2, -0.15) is 0 Å². The van der Waals surface area contributed by atoms with Crippen molar-refractivity contribution in [1.29, 1.82) is 0 Å². The van der Waals surface area contributed by atoms with Crippen LogP contribution >= 0.6 is 11.3 Å². The zero-order valence-electron chi connectivity index (χ0n) is 10.2. The van der Waals surface area contributed by atoms with Gasteiger partial charge in [-0.15, -0.1) is 11.3 Å². The molecule has 2 aromatic heterocycles. The summed E-state index contributed by atoms with van der Waals surface area (Å²) in [5, 5.41) is 9.68. The van der Waals surface area contributed by atoms with E-state index >= 15 is 0 Å². The van der Waals surface area contributed by atoms with E-state index in [9.17, 15) is 4.79 Å². The number of nitrogens with zero attached hydrogens (tertiary/aromatic N) is 2. The van der Waals surface area contributed by atoms with Gasteiger partial charge in [0.1, 0.15) is 4.83 Å². The largest absolute Gasteiger partial charge is 0.396 e. The molecule has 0 aromatic carbocycles. The number of hydrogen-bond acceptors (Lipinski definition) is 4. The highest BCUT2D eigenvalue weighted by atomic mass is 32.1. The summed E-state index contributed by atoms with van der Waals surface area (Å²) in [5.74, 6) is 0. The predicted molar refractivity (Wildman–Crippen MR) is 72.2 cm³/mol. The summed E-state index contributed by atoms with van der Waals surface area (Å²) in [6.45, 7) is 0.648. The lowest BCUT2D eigenvalue weighted by molar-refractivity contribution is 0.279. The van der Waals surface area contributed by atoms with Crippen LogP contribution in [-0.2, 0) is 19.4 Å². The first-order valence-electron chi connectivity index (χ1n) is 6.42. The second kappa shape index (κ2) is 4.82. The summed E-state index contributed by atoms with van der Waals surface area (Å²) in [6, 6.07) is 0. The van der Waals surface area contributed by atoms with Gasteiger partial charge in [0.15, 0.2) is 0 Å². The van der Waals surface area contributed by atoms with E-state index in [1.54, 1.807) is 22.2 Å². The molecule has 0 saturated heterocycles. The van der Waals surface area contributed by atoms with E-state index in [2.05, 4.69) is 4.98 Å². The molecule has 5 heteroatoms. The smallest absolute Gasteiger partial charge is 0.262 e. The molecule has 1 N–H and O–H groups in total. The molecule has 0 aliphatic heterocycles. The van der Waals surface area contributed by atoms with Gasteiger partial charge in [-0.3, -0.25) is 9.36 Å². The number of aryl methyl sites for hydroxylation is 3. The van der Waals surface area contributed by atoms with Gasteiger partial charge >= 0.3 is 0 Å². The molecule has 0 atom stereocenters. The Balaban J connectivity index is 2.15. The van der Waals surface area contributed by atoms with Crippen LogP contribution in [-0.4, -0.2) is 21.3 Å². The monoisotopic (exact) mass is 264 g/mol. The molecule has 1 aliphatic rings. The first-order valence-corrected chi connectivity index (χ1v) is 7.23. The van der Waals surface area contributed by atoms with Crippen molar-refractivity contribution in [3.8, 4) is 0 Å². The Morgan fingerprint density at radius 1 is 1.39 bits per heavy atom. The minimum Gasteiger partial charge on any atom is -0.396 e. The van der Waals surface area contributed by atoms with Crippen molar-refractivity contribution in [2.24, 2.45) is 0 Å². The molecule has 4 nitrogen and oxygen atoms in total. The molecule has 18 heavy (non-hydrogen) atoms. The summed E-state index contributed by atoms with van der Waals surface area (Å²) in [4.78, 5) is 19.0. The molecule has 0 spiro atoms. The minimum absolute atomic E-state index is 0.0628. The Labute approximate surface area is 109 Å². The van der Waals surface area contributed by atoms with Crippen molar-refractivity contribution in [3.05, 3.63) is 27.1 Å². The van der Waals surface area contributed by atoms with E-state index in [0.717, 1.165) is 23.1 Å².